The molecule has 7 heteroatoms. The summed E-state index contributed by atoms with van der Waals surface area (Å²) in [6.45, 7) is 5.48. The summed E-state index contributed by atoms with van der Waals surface area (Å²) < 4.78 is 1.94. The van der Waals surface area contributed by atoms with Crippen molar-refractivity contribution in [3.8, 4) is 11.6 Å². The molecule has 0 atom stereocenters. The normalized spacial score (nSPS) is 10.9. The van der Waals surface area contributed by atoms with Crippen LogP contribution in [0, 0.1) is 0 Å². The number of hydrogen-bond donors (Lipinski definition) is 1. The van der Waals surface area contributed by atoms with Gasteiger partial charge in [-0.3, -0.25) is 4.79 Å². The number of rotatable bonds is 8. The largest absolute Gasteiger partial charge is 0.354 e. The lowest BCUT2D eigenvalue weighted by molar-refractivity contribution is -0.120. The second-order valence-electron chi connectivity index (χ2n) is 6.35. The van der Waals surface area contributed by atoms with Gasteiger partial charge in [0.1, 0.15) is 0 Å². The molecule has 3 aromatic rings. The zero-order valence-electron chi connectivity index (χ0n) is 15.5. The summed E-state index contributed by atoms with van der Waals surface area (Å²) in [5.41, 5.74) is 1.02. The minimum absolute atomic E-state index is 0.0110. The summed E-state index contributed by atoms with van der Waals surface area (Å²) in [7, 11) is 0. The Morgan fingerprint density at radius 3 is 2.56 bits per heavy atom. The molecule has 0 saturated heterocycles. The van der Waals surface area contributed by atoms with E-state index in [-0.39, 0.29) is 5.91 Å². The molecule has 1 N–H and O–H groups in total. The molecule has 2 heterocycles. The van der Waals surface area contributed by atoms with Crippen molar-refractivity contribution in [2.45, 2.75) is 37.0 Å². The first-order valence-corrected chi connectivity index (χ1v) is 9.80. The van der Waals surface area contributed by atoms with E-state index in [2.05, 4.69) is 46.2 Å². The van der Waals surface area contributed by atoms with Gasteiger partial charge in [0, 0.05) is 48.0 Å². The molecule has 0 unspecified atom stereocenters. The van der Waals surface area contributed by atoms with Crippen molar-refractivity contribution in [1.82, 2.24) is 24.8 Å². The van der Waals surface area contributed by atoms with Gasteiger partial charge in [0.2, 0.25) is 5.91 Å². The van der Waals surface area contributed by atoms with Gasteiger partial charge in [0.25, 0.3) is 0 Å². The molecule has 0 aliphatic carbocycles. The lowest BCUT2D eigenvalue weighted by Crippen LogP contribution is -2.28. The maximum atomic E-state index is 12.2. The Balaban J connectivity index is 1.48. The molecule has 0 aliphatic rings. The van der Waals surface area contributed by atoms with Crippen molar-refractivity contribution in [3.05, 3.63) is 60.7 Å². The highest BCUT2D eigenvalue weighted by atomic mass is 32.2. The monoisotopic (exact) mass is 381 g/mol. The first kappa shape index (κ1) is 19.1. The fourth-order valence-corrected chi connectivity index (χ4v) is 3.47. The van der Waals surface area contributed by atoms with Gasteiger partial charge in [0.05, 0.1) is 6.42 Å². The average Bonchev–Trinajstić information content (AvgIpc) is 3.12. The van der Waals surface area contributed by atoms with E-state index in [1.807, 2.05) is 34.7 Å². The third-order valence-electron chi connectivity index (χ3n) is 3.82. The first-order chi connectivity index (χ1) is 13.1. The summed E-state index contributed by atoms with van der Waals surface area (Å²) in [5, 5.41) is 3.51. The Kier molecular flexibility index (Phi) is 6.59. The molecule has 27 heavy (non-hydrogen) atoms. The van der Waals surface area contributed by atoms with Gasteiger partial charge in [-0.2, -0.15) is 0 Å². The molecular formula is C20H23N5OS. The first-order valence-electron chi connectivity index (χ1n) is 8.92. The van der Waals surface area contributed by atoms with Gasteiger partial charge in [0.15, 0.2) is 11.6 Å². The van der Waals surface area contributed by atoms with E-state index in [1.165, 1.54) is 4.90 Å². The van der Waals surface area contributed by atoms with Crippen LogP contribution in [0.3, 0.4) is 0 Å². The molecule has 0 bridgehead atoms. The Hall–Kier alpha value is -2.67. The Morgan fingerprint density at radius 1 is 1.11 bits per heavy atom. The van der Waals surface area contributed by atoms with Crippen molar-refractivity contribution in [3.63, 3.8) is 0 Å². The van der Waals surface area contributed by atoms with Gasteiger partial charge in [-0.05, 0) is 23.8 Å². The minimum Gasteiger partial charge on any atom is -0.354 e. The molecule has 6 nitrogen and oxygen atoms in total. The molecule has 0 spiro atoms. The highest BCUT2D eigenvalue weighted by molar-refractivity contribution is 7.99. The minimum atomic E-state index is 0.0110. The summed E-state index contributed by atoms with van der Waals surface area (Å²) >= 11 is 1.82. The number of carbonyl (C=O) groups is 1. The van der Waals surface area contributed by atoms with Crippen molar-refractivity contribution < 1.29 is 4.79 Å². The van der Waals surface area contributed by atoms with E-state index in [0.29, 0.717) is 36.4 Å². The maximum Gasteiger partial charge on any atom is 0.224 e. The predicted octanol–water partition coefficient (Wildman–Crippen LogP) is 3.20. The van der Waals surface area contributed by atoms with Crippen LogP contribution in [-0.2, 0) is 17.8 Å². The number of nitrogens with zero attached hydrogens (tertiary/aromatic N) is 4. The maximum absolute atomic E-state index is 12.2. The van der Waals surface area contributed by atoms with Crippen molar-refractivity contribution >= 4 is 17.7 Å². The topological polar surface area (TPSA) is 72.7 Å². The zero-order chi connectivity index (χ0) is 19.1. The second-order valence-corrected chi connectivity index (χ2v) is 8.00. The third kappa shape index (κ3) is 5.65. The predicted molar refractivity (Wildman–Crippen MR) is 107 cm³/mol. The Bertz CT molecular complexity index is 862. The van der Waals surface area contributed by atoms with E-state index in [9.17, 15) is 4.79 Å². The molecule has 2 aromatic heterocycles. The van der Waals surface area contributed by atoms with Crippen molar-refractivity contribution in [2.75, 3.05) is 6.54 Å². The standard InChI is InChI=1S/C20H23N5OS/c1-15(2)27-17-6-4-16(5-7-17)14-18(26)21-10-12-25-13-11-24-20(25)19-22-8-3-9-23-19/h3-9,11,13,15H,10,12,14H2,1-2H3,(H,21,26). The van der Waals surface area contributed by atoms with E-state index in [0.717, 1.165) is 5.56 Å². The van der Waals surface area contributed by atoms with Crippen LogP contribution in [0.25, 0.3) is 11.6 Å². The number of benzene rings is 1. The quantitative estimate of drug-likeness (QED) is 0.607. The molecule has 140 valence electrons. The molecule has 0 fully saturated rings. The summed E-state index contributed by atoms with van der Waals surface area (Å²) in [5.74, 6) is 1.29. The van der Waals surface area contributed by atoms with Crippen LogP contribution >= 0.6 is 11.8 Å². The van der Waals surface area contributed by atoms with Crippen LogP contribution in [0.1, 0.15) is 19.4 Å². The van der Waals surface area contributed by atoms with E-state index < -0.39 is 0 Å². The number of carbonyl (C=O) groups excluding carboxylic acids is 1. The number of thioether (sulfide) groups is 1. The van der Waals surface area contributed by atoms with Crippen molar-refractivity contribution in [1.29, 1.82) is 0 Å². The Labute approximate surface area is 163 Å². The molecule has 0 radical (unpaired) electrons. The van der Waals surface area contributed by atoms with E-state index >= 15 is 0 Å². The SMILES string of the molecule is CC(C)Sc1ccc(CC(=O)NCCn2ccnc2-c2ncccn2)cc1. The van der Waals surface area contributed by atoms with Crippen LogP contribution < -0.4 is 5.32 Å². The smallest absolute Gasteiger partial charge is 0.224 e. The molecule has 3 rings (SSSR count). The van der Waals surface area contributed by atoms with E-state index in [1.54, 1.807) is 24.7 Å². The Morgan fingerprint density at radius 2 is 1.85 bits per heavy atom. The van der Waals surface area contributed by atoms with Crippen LogP contribution in [-0.4, -0.2) is 37.2 Å². The number of aromatic nitrogens is 4. The van der Waals surface area contributed by atoms with Gasteiger partial charge in [-0.15, -0.1) is 11.8 Å². The van der Waals surface area contributed by atoms with Crippen LogP contribution in [0.4, 0.5) is 0 Å². The fraction of sp³-hybridized carbons (Fsp3) is 0.300. The average molecular weight is 382 g/mol. The summed E-state index contributed by atoms with van der Waals surface area (Å²) in [6.07, 6.45) is 7.33. The molecule has 0 aliphatic heterocycles. The van der Waals surface area contributed by atoms with Gasteiger partial charge in [-0.1, -0.05) is 26.0 Å². The molecule has 1 amide bonds. The van der Waals surface area contributed by atoms with Crippen molar-refractivity contribution in [2.24, 2.45) is 0 Å². The van der Waals surface area contributed by atoms with Gasteiger partial charge < -0.3 is 9.88 Å². The lowest BCUT2D eigenvalue weighted by atomic mass is 10.1. The number of imidazole rings is 1. The van der Waals surface area contributed by atoms with Gasteiger partial charge >= 0.3 is 0 Å². The molecule has 0 saturated carbocycles. The highest BCUT2D eigenvalue weighted by Gasteiger charge is 2.09. The summed E-state index contributed by atoms with van der Waals surface area (Å²) in [6, 6.07) is 9.96. The summed E-state index contributed by atoms with van der Waals surface area (Å²) in [4.78, 5) is 26.2. The van der Waals surface area contributed by atoms with Crippen LogP contribution in [0.5, 0.6) is 0 Å². The number of hydrogen-bond acceptors (Lipinski definition) is 5. The number of amides is 1. The third-order valence-corrected chi connectivity index (χ3v) is 4.83. The second kappa shape index (κ2) is 9.32. The molecular weight excluding hydrogens is 358 g/mol. The van der Waals surface area contributed by atoms with Crippen LogP contribution in [0.15, 0.2) is 60.0 Å². The number of nitrogens with one attached hydrogen (secondary N) is 1. The van der Waals surface area contributed by atoms with Gasteiger partial charge in [-0.25, -0.2) is 15.0 Å². The zero-order valence-corrected chi connectivity index (χ0v) is 16.3. The highest BCUT2D eigenvalue weighted by Crippen LogP contribution is 2.22. The van der Waals surface area contributed by atoms with Crippen LogP contribution in [0.2, 0.25) is 0 Å². The molecule has 1 aromatic carbocycles. The fourth-order valence-electron chi connectivity index (χ4n) is 2.63. The lowest BCUT2D eigenvalue weighted by Gasteiger charge is -2.09. The van der Waals surface area contributed by atoms with E-state index in [4.69, 9.17) is 0 Å².